The van der Waals surface area contributed by atoms with Crippen LogP contribution < -0.4 is 5.32 Å². The lowest BCUT2D eigenvalue weighted by molar-refractivity contribution is 0.0697. The van der Waals surface area contributed by atoms with Crippen LogP contribution in [0.2, 0.25) is 0 Å². The summed E-state index contributed by atoms with van der Waals surface area (Å²) in [7, 11) is 0. The lowest BCUT2D eigenvalue weighted by Gasteiger charge is -2.21. The third-order valence-corrected chi connectivity index (χ3v) is 3.03. The summed E-state index contributed by atoms with van der Waals surface area (Å²) in [6.07, 6.45) is 3.43. The maximum Gasteiger partial charge on any atom is 0.335 e. The number of benzene rings is 1. The number of urea groups is 1. The van der Waals surface area contributed by atoms with Crippen molar-refractivity contribution < 1.29 is 19.1 Å². The highest BCUT2D eigenvalue weighted by atomic mass is 19.1. The standard InChI is InChI=1S/C14H15FN2O3/c1-2-7-17(10-4-5-10)14(20)16-12-8-9(13(18)19)3-6-11(12)15/h2-3,6,8,10H,1,4-5,7H2,(H,16,20)(H,18,19). The molecule has 0 aromatic heterocycles. The lowest BCUT2D eigenvalue weighted by atomic mass is 10.2. The molecule has 0 radical (unpaired) electrons. The average molecular weight is 278 g/mol. The maximum absolute atomic E-state index is 13.6. The van der Waals surface area contributed by atoms with Gasteiger partial charge in [-0.25, -0.2) is 14.0 Å². The van der Waals surface area contributed by atoms with Gasteiger partial charge in [-0.2, -0.15) is 0 Å². The number of hydrogen-bond acceptors (Lipinski definition) is 2. The van der Waals surface area contributed by atoms with E-state index in [-0.39, 0.29) is 17.3 Å². The predicted octanol–water partition coefficient (Wildman–Crippen LogP) is 2.71. The highest BCUT2D eigenvalue weighted by molar-refractivity contribution is 5.93. The summed E-state index contributed by atoms with van der Waals surface area (Å²) in [5, 5.41) is 11.3. The fourth-order valence-electron chi connectivity index (χ4n) is 1.86. The molecule has 6 heteroatoms. The quantitative estimate of drug-likeness (QED) is 0.814. The summed E-state index contributed by atoms with van der Waals surface area (Å²) in [5.41, 5.74) is -0.215. The molecule has 0 heterocycles. The summed E-state index contributed by atoms with van der Waals surface area (Å²) in [6.45, 7) is 3.95. The van der Waals surface area contributed by atoms with Gasteiger partial charge in [-0.15, -0.1) is 6.58 Å². The molecule has 20 heavy (non-hydrogen) atoms. The Balaban J connectivity index is 2.15. The molecule has 5 nitrogen and oxygen atoms in total. The summed E-state index contributed by atoms with van der Waals surface area (Å²) in [6, 6.07) is 2.98. The first-order valence-corrected chi connectivity index (χ1v) is 6.24. The molecule has 0 saturated heterocycles. The van der Waals surface area contributed by atoms with Crippen molar-refractivity contribution in [2.75, 3.05) is 11.9 Å². The van der Waals surface area contributed by atoms with Crippen molar-refractivity contribution in [2.24, 2.45) is 0 Å². The van der Waals surface area contributed by atoms with Crippen LogP contribution in [-0.2, 0) is 0 Å². The van der Waals surface area contributed by atoms with Gasteiger partial charge in [-0.1, -0.05) is 6.08 Å². The number of anilines is 1. The van der Waals surface area contributed by atoms with Crippen LogP contribution in [0.3, 0.4) is 0 Å². The Morgan fingerprint density at radius 2 is 2.20 bits per heavy atom. The first-order valence-electron chi connectivity index (χ1n) is 6.24. The van der Waals surface area contributed by atoms with Gasteiger partial charge < -0.3 is 15.3 Å². The van der Waals surface area contributed by atoms with E-state index in [0.717, 1.165) is 31.0 Å². The molecule has 1 fully saturated rings. The van der Waals surface area contributed by atoms with Gasteiger partial charge in [0, 0.05) is 12.6 Å². The molecule has 2 amide bonds. The van der Waals surface area contributed by atoms with E-state index in [0.29, 0.717) is 6.54 Å². The van der Waals surface area contributed by atoms with Crippen LogP contribution in [0.1, 0.15) is 23.2 Å². The van der Waals surface area contributed by atoms with Crippen LogP contribution in [0.5, 0.6) is 0 Å². The number of carboxylic acid groups (broad SMARTS) is 1. The van der Waals surface area contributed by atoms with E-state index in [1.54, 1.807) is 11.0 Å². The molecule has 1 aromatic carbocycles. The molecule has 0 spiro atoms. The number of carbonyl (C=O) groups is 2. The minimum absolute atomic E-state index is 0.0802. The Labute approximate surface area is 115 Å². The second-order valence-electron chi connectivity index (χ2n) is 4.60. The number of nitrogens with zero attached hydrogens (tertiary/aromatic N) is 1. The molecule has 0 aliphatic heterocycles. The van der Waals surface area contributed by atoms with Crippen molar-refractivity contribution in [1.29, 1.82) is 0 Å². The van der Waals surface area contributed by atoms with E-state index >= 15 is 0 Å². The fourth-order valence-corrected chi connectivity index (χ4v) is 1.86. The fraction of sp³-hybridized carbons (Fsp3) is 0.286. The SMILES string of the molecule is C=CCN(C(=O)Nc1cc(C(=O)O)ccc1F)C1CC1. The van der Waals surface area contributed by atoms with E-state index in [9.17, 15) is 14.0 Å². The van der Waals surface area contributed by atoms with Crippen molar-refractivity contribution in [3.05, 3.63) is 42.2 Å². The number of halogens is 1. The van der Waals surface area contributed by atoms with E-state index in [1.807, 2.05) is 0 Å². The number of carbonyl (C=O) groups excluding carboxylic acids is 1. The van der Waals surface area contributed by atoms with E-state index < -0.39 is 17.8 Å². The van der Waals surface area contributed by atoms with Gasteiger partial charge in [0.1, 0.15) is 5.82 Å². The molecule has 1 aliphatic carbocycles. The molecule has 2 N–H and O–H groups in total. The van der Waals surface area contributed by atoms with Crippen LogP contribution in [-0.4, -0.2) is 34.6 Å². The summed E-state index contributed by atoms with van der Waals surface area (Å²) in [4.78, 5) is 24.5. The second-order valence-corrected chi connectivity index (χ2v) is 4.60. The lowest BCUT2D eigenvalue weighted by Crippen LogP contribution is -2.37. The van der Waals surface area contributed by atoms with Crippen molar-refractivity contribution >= 4 is 17.7 Å². The van der Waals surface area contributed by atoms with Gasteiger partial charge in [0.25, 0.3) is 0 Å². The van der Waals surface area contributed by atoms with E-state index in [1.165, 1.54) is 0 Å². The van der Waals surface area contributed by atoms with E-state index in [4.69, 9.17) is 5.11 Å². The molecule has 106 valence electrons. The van der Waals surface area contributed by atoms with Gasteiger partial charge >= 0.3 is 12.0 Å². The van der Waals surface area contributed by atoms with Crippen LogP contribution >= 0.6 is 0 Å². The molecular formula is C14H15FN2O3. The third kappa shape index (κ3) is 3.14. The summed E-state index contributed by atoms with van der Waals surface area (Å²) < 4.78 is 13.6. The molecule has 1 aromatic rings. The Bertz CT molecular complexity index is 555. The van der Waals surface area contributed by atoms with Gasteiger partial charge in [0.2, 0.25) is 0 Å². The van der Waals surface area contributed by atoms with E-state index in [2.05, 4.69) is 11.9 Å². The van der Waals surface area contributed by atoms with Crippen LogP contribution in [0, 0.1) is 5.82 Å². The van der Waals surface area contributed by atoms with Crippen LogP contribution in [0.25, 0.3) is 0 Å². The second kappa shape index (κ2) is 5.73. The van der Waals surface area contributed by atoms with Crippen molar-refractivity contribution in [3.8, 4) is 0 Å². The van der Waals surface area contributed by atoms with Gasteiger partial charge in [0.05, 0.1) is 11.3 Å². The molecule has 0 bridgehead atoms. The Morgan fingerprint density at radius 3 is 2.75 bits per heavy atom. The highest BCUT2D eigenvalue weighted by Gasteiger charge is 2.32. The smallest absolute Gasteiger partial charge is 0.335 e. The normalized spacial score (nSPS) is 13.7. The topological polar surface area (TPSA) is 69.6 Å². The molecule has 0 atom stereocenters. The first-order chi connectivity index (χ1) is 9.52. The highest BCUT2D eigenvalue weighted by Crippen LogP contribution is 2.27. The van der Waals surface area contributed by atoms with Crippen LogP contribution in [0.4, 0.5) is 14.9 Å². The summed E-state index contributed by atoms with van der Waals surface area (Å²) >= 11 is 0. The molecule has 2 rings (SSSR count). The largest absolute Gasteiger partial charge is 0.478 e. The van der Waals surface area contributed by atoms with Crippen LogP contribution in [0.15, 0.2) is 30.9 Å². The number of carboxylic acids is 1. The third-order valence-electron chi connectivity index (χ3n) is 3.03. The van der Waals surface area contributed by atoms with Gasteiger partial charge in [-0.05, 0) is 31.0 Å². The van der Waals surface area contributed by atoms with Gasteiger partial charge in [0.15, 0.2) is 0 Å². The Morgan fingerprint density at radius 1 is 1.50 bits per heavy atom. The minimum atomic E-state index is -1.18. The Kier molecular flexibility index (Phi) is 4.02. The van der Waals surface area contributed by atoms with Crippen molar-refractivity contribution in [1.82, 2.24) is 4.90 Å². The number of amides is 2. The number of rotatable bonds is 5. The minimum Gasteiger partial charge on any atom is -0.478 e. The molecule has 0 unspecified atom stereocenters. The summed E-state index contributed by atoms with van der Waals surface area (Å²) in [5.74, 6) is -1.84. The molecule has 1 saturated carbocycles. The average Bonchev–Trinajstić information content (AvgIpc) is 3.22. The zero-order chi connectivity index (χ0) is 14.7. The zero-order valence-corrected chi connectivity index (χ0v) is 10.8. The maximum atomic E-state index is 13.6. The van der Waals surface area contributed by atoms with Crippen molar-refractivity contribution in [3.63, 3.8) is 0 Å². The number of aromatic carboxylic acids is 1. The first kappa shape index (κ1) is 14.0. The Hall–Kier alpha value is -2.37. The molecule has 1 aliphatic rings. The zero-order valence-electron chi connectivity index (χ0n) is 10.8. The number of hydrogen-bond donors (Lipinski definition) is 2. The van der Waals surface area contributed by atoms with Crippen molar-refractivity contribution in [2.45, 2.75) is 18.9 Å². The van der Waals surface area contributed by atoms with Gasteiger partial charge in [-0.3, -0.25) is 0 Å². The molecular weight excluding hydrogens is 263 g/mol. The predicted molar refractivity (Wildman–Crippen MR) is 72.3 cm³/mol. The monoisotopic (exact) mass is 278 g/mol. The number of nitrogens with one attached hydrogen (secondary N) is 1.